The maximum absolute atomic E-state index is 15.1. The molecule has 0 aliphatic heterocycles. The van der Waals surface area contributed by atoms with Crippen LogP contribution in [0.15, 0.2) is 109 Å². The van der Waals surface area contributed by atoms with Crippen LogP contribution in [0.4, 0.5) is 0 Å². The molecule has 6 aromatic rings. The molecular formula is C78H104N20O21S2. The molecule has 0 bridgehead atoms. The number of primary amides is 3. The van der Waals surface area contributed by atoms with E-state index in [0.717, 1.165) is 0 Å². The SMILES string of the molecule is CC(C)[C@H](NC(=O)CNC(=O)[C@H](Cc1c[nH]c2ccccc12)NC(=O)[C@H](Cc1ccc(O)cc1)NC(=O)[C@H](CCC(N)=O)NC(=O)[C@H](CCC(N)=O)NC(=O)[C@H](CS)NC(=O)[C@H](Cc1c[nH]c2ccccc12)NC(=O)[C@H](Cc1ccc(O)cc1)NC(=O)[C@@H](N)CCCCN)C(=O)N[C@@H](CS)C(=O)N[C@@H](CC(N)=O)C(=O)NCC(=O)N[C@@H](CO)C(=O)O. The molecule has 121 heavy (non-hydrogen) atoms. The normalized spacial score (nSPS) is 14.1. The van der Waals surface area contributed by atoms with Crippen molar-refractivity contribution >= 4 is 148 Å². The number of aliphatic hydroxyl groups excluding tert-OH is 1. The van der Waals surface area contributed by atoms with Gasteiger partial charge in [-0.1, -0.05) is 80.9 Å². The summed E-state index contributed by atoms with van der Waals surface area (Å²) in [5, 5.41) is 71.6. The molecule has 4 aromatic carbocycles. The molecule has 0 spiro atoms. The van der Waals surface area contributed by atoms with Gasteiger partial charge in [-0.05, 0) is 96.8 Å². The minimum absolute atomic E-state index is 0.0797. The number of thiol groups is 2. The highest BCUT2D eigenvalue weighted by Gasteiger charge is 2.38. The van der Waals surface area contributed by atoms with Crippen LogP contribution in [0.3, 0.4) is 0 Å². The topological polar surface area (TPSA) is 689 Å². The van der Waals surface area contributed by atoms with Crippen LogP contribution in [0.1, 0.15) is 87.5 Å². The van der Waals surface area contributed by atoms with Crippen molar-refractivity contribution in [1.29, 1.82) is 0 Å². The number of carboxylic acids is 1. The molecule has 654 valence electrons. The Morgan fingerprint density at radius 3 is 1.17 bits per heavy atom. The average Bonchev–Trinajstić information content (AvgIpc) is 1.68. The number of nitrogens with one attached hydrogen (secondary N) is 15. The highest BCUT2D eigenvalue weighted by Crippen LogP contribution is 2.23. The number of nitrogens with two attached hydrogens (primary N) is 5. The Hall–Kier alpha value is -12.9. The van der Waals surface area contributed by atoms with Crippen molar-refractivity contribution in [1.82, 2.24) is 79.1 Å². The Morgan fingerprint density at radius 2 is 0.769 bits per heavy atom. The first kappa shape index (κ1) is 97.0. The fourth-order valence-electron chi connectivity index (χ4n) is 12.4. The predicted molar refractivity (Wildman–Crippen MR) is 444 cm³/mol. The van der Waals surface area contributed by atoms with Crippen molar-refractivity contribution in [2.24, 2.45) is 34.6 Å². The summed E-state index contributed by atoms with van der Waals surface area (Å²) in [6.07, 6.45) is 0.227. The lowest BCUT2D eigenvalue weighted by atomic mass is 10.0. The van der Waals surface area contributed by atoms with Gasteiger partial charge in [0.05, 0.1) is 32.2 Å². The summed E-state index contributed by atoms with van der Waals surface area (Å²) < 4.78 is 0. The van der Waals surface area contributed by atoms with E-state index in [2.05, 4.69) is 99.0 Å². The number of carbonyl (C=O) groups excluding carboxylic acids is 16. The van der Waals surface area contributed by atoms with Crippen molar-refractivity contribution in [2.45, 2.75) is 163 Å². The van der Waals surface area contributed by atoms with Gasteiger partial charge in [0, 0.05) is 84.2 Å². The second kappa shape index (κ2) is 48.3. The van der Waals surface area contributed by atoms with Crippen molar-refractivity contribution < 1.29 is 102 Å². The number of aliphatic hydroxyl groups is 1. The van der Waals surface area contributed by atoms with Gasteiger partial charge in [-0.2, -0.15) is 25.3 Å². The molecule has 2 aromatic heterocycles. The number of H-pyrrole nitrogens is 2. The summed E-state index contributed by atoms with van der Waals surface area (Å²) >= 11 is 8.51. The zero-order chi connectivity index (χ0) is 89.2. The van der Waals surface area contributed by atoms with E-state index in [1.165, 1.54) is 62.4 Å². The molecule has 0 radical (unpaired) electrons. The zero-order valence-corrected chi connectivity index (χ0v) is 67.9. The van der Waals surface area contributed by atoms with Gasteiger partial charge >= 0.3 is 5.97 Å². The first-order chi connectivity index (χ1) is 57.5. The molecule has 16 amide bonds. The fourth-order valence-corrected chi connectivity index (χ4v) is 12.9. The summed E-state index contributed by atoms with van der Waals surface area (Å²) in [6.45, 7) is 0.623. The number of hydrogen-bond acceptors (Lipinski definition) is 24. The largest absolute Gasteiger partial charge is 0.508 e. The number of aromatic amines is 2. The van der Waals surface area contributed by atoms with Crippen molar-refractivity contribution in [3.05, 3.63) is 132 Å². The van der Waals surface area contributed by atoms with Crippen LogP contribution in [-0.2, 0) is 107 Å². The van der Waals surface area contributed by atoms with E-state index in [4.69, 9.17) is 33.8 Å². The van der Waals surface area contributed by atoms with Gasteiger partial charge in [-0.15, -0.1) is 0 Å². The van der Waals surface area contributed by atoms with E-state index in [1.54, 1.807) is 60.9 Å². The van der Waals surface area contributed by atoms with Gasteiger partial charge in [-0.25, -0.2) is 4.79 Å². The number of aliphatic carboxylic acids is 1. The van der Waals surface area contributed by atoms with Crippen LogP contribution in [-0.4, -0.2) is 241 Å². The molecule has 0 aliphatic carbocycles. The molecule has 41 nitrogen and oxygen atoms in total. The second-order valence-corrected chi connectivity index (χ2v) is 29.5. The minimum atomic E-state index is -1.82. The van der Waals surface area contributed by atoms with E-state index in [9.17, 15) is 92.0 Å². The Bertz CT molecular complexity index is 4660. The summed E-state index contributed by atoms with van der Waals surface area (Å²) in [4.78, 5) is 238. The molecular weight excluding hydrogens is 1620 g/mol. The number of amides is 16. The number of aromatic hydroxyl groups is 2. The van der Waals surface area contributed by atoms with Gasteiger partial charge < -0.3 is 128 Å². The maximum atomic E-state index is 15.1. The molecule has 2 heterocycles. The van der Waals surface area contributed by atoms with Gasteiger partial charge in [0.1, 0.15) is 78.0 Å². The highest BCUT2D eigenvalue weighted by molar-refractivity contribution is 7.80. The van der Waals surface area contributed by atoms with Crippen LogP contribution in [0.2, 0.25) is 0 Å². The van der Waals surface area contributed by atoms with Gasteiger partial charge in [-0.3, -0.25) is 76.7 Å². The van der Waals surface area contributed by atoms with E-state index in [1.807, 2.05) is 5.32 Å². The monoisotopic (exact) mass is 1720 g/mol. The first-order valence-corrected chi connectivity index (χ1v) is 39.7. The molecule has 0 saturated carbocycles. The Morgan fingerprint density at radius 1 is 0.405 bits per heavy atom. The third kappa shape index (κ3) is 31.4. The van der Waals surface area contributed by atoms with Crippen LogP contribution in [0.5, 0.6) is 11.5 Å². The zero-order valence-electron chi connectivity index (χ0n) is 66.1. The average molecular weight is 1720 g/mol. The number of aromatic nitrogens is 2. The number of hydrogen-bond donors (Lipinski definition) is 26. The van der Waals surface area contributed by atoms with Gasteiger partial charge in [0.2, 0.25) is 94.5 Å². The van der Waals surface area contributed by atoms with E-state index in [-0.39, 0.29) is 37.2 Å². The van der Waals surface area contributed by atoms with Gasteiger partial charge in [0.15, 0.2) is 0 Å². The number of fused-ring (bicyclic) bond motifs is 2. The minimum Gasteiger partial charge on any atom is -0.508 e. The molecule has 29 N–H and O–H groups in total. The number of rotatable bonds is 51. The lowest BCUT2D eigenvalue weighted by Crippen LogP contribution is -2.61. The van der Waals surface area contributed by atoms with Crippen LogP contribution in [0, 0.1) is 5.92 Å². The fraction of sp³-hybridized carbons (Fsp3) is 0.423. The molecule has 0 aliphatic rings. The summed E-state index contributed by atoms with van der Waals surface area (Å²) in [5.41, 5.74) is 31.4. The highest BCUT2D eigenvalue weighted by atomic mass is 32.1. The van der Waals surface area contributed by atoms with Crippen molar-refractivity contribution in [3.8, 4) is 11.5 Å². The molecule has 0 saturated heterocycles. The lowest BCUT2D eigenvalue weighted by molar-refractivity contribution is -0.143. The van der Waals surface area contributed by atoms with E-state index < -0.39 is 249 Å². The second-order valence-electron chi connectivity index (χ2n) is 28.7. The van der Waals surface area contributed by atoms with Crippen LogP contribution < -0.4 is 97.8 Å². The maximum Gasteiger partial charge on any atom is 0.328 e. The van der Waals surface area contributed by atoms with Gasteiger partial charge in [0.25, 0.3) is 0 Å². The summed E-state index contributed by atoms with van der Waals surface area (Å²) in [7, 11) is 0. The molecule has 0 unspecified atom stereocenters. The van der Waals surface area contributed by atoms with Crippen molar-refractivity contribution in [3.63, 3.8) is 0 Å². The standard InChI is InChI=1S/C78H104N20O21S2/c1-39(2)66(77(117)97-60(38-121)76(116)95-57(31-63(83)104)69(109)86-34-64(105)88-58(36-99)78(118)119)98-65(106)35-87-68(108)55(29-42-32-84-49-12-5-3-9-46(42)49)93-73(113)54(28-41-16-20-45(101)21-17-41)92-71(111)52(23-25-62(82)103)89-70(110)51(22-24-61(81)102)90-75(115)59(37-120)96-74(114)56(30-43-33-85-50-13-6-4-10-47(43)50)94-72(112)53(27-40-14-18-44(100)19-15-40)91-67(107)48(80)11-7-8-26-79/h3-6,9-10,12-21,32-33,39,48,51-60,66,84-85,99-101,120-121H,7-8,11,22-31,34-38,79-80H2,1-2H3,(H2,81,102)(H2,82,103)(H2,83,104)(H,86,109)(H,87,108)(H,88,105)(H,89,110)(H,90,115)(H,91,107)(H,92,111)(H,93,113)(H,94,112)(H,95,116)(H,96,114)(H,97,117)(H,98,106)(H,118,119)/t48-,51-,52-,53-,54-,55-,56-,57-,58-,59-,60-,66-/m0/s1. The third-order valence-electron chi connectivity index (χ3n) is 19.0. The van der Waals surface area contributed by atoms with Crippen molar-refractivity contribution in [2.75, 3.05) is 37.7 Å². The number of carbonyl (C=O) groups is 17. The first-order valence-electron chi connectivity index (χ1n) is 38.4. The smallest absolute Gasteiger partial charge is 0.328 e. The Kier molecular flexibility index (Phi) is 38.7. The van der Waals surface area contributed by atoms with E-state index >= 15 is 4.79 Å². The lowest BCUT2D eigenvalue weighted by Gasteiger charge is -2.28. The quantitative estimate of drug-likeness (QED) is 0.0125. The van der Waals surface area contributed by atoms with Crippen LogP contribution >= 0.6 is 25.3 Å². The number of para-hydroxylation sites is 2. The summed E-state index contributed by atoms with van der Waals surface area (Å²) in [6, 6.07) is 5.93. The molecule has 6 rings (SSSR count). The Balaban J connectivity index is 1.22. The molecule has 12 atom stereocenters. The number of phenols is 2. The predicted octanol–water partition coefficient (Wildman–Crippen LogP) is -5.65. The number of benzene rings is 4. The number of phenolic OH excluding ortho intramolecular Hbond substituents is 2. The molecule has 43 heteroatoms. The summed E-state index contributed by atoms with van der Waals surface area (Å²) in [5.74, 6) is -19.9. The number of unbranched alkanes of at least 4 members (excludes halogenated alkanes) is 1. The number of carboxylic acid groups (broad SMARTS) is 1. The third-order valence-corrected chi connectivity index (χ3v) is 19.7. The Labute approximate surface area is 704 Å². The van der Waals surface area contributed by atoms with E-state index in [0.29, 0.717) is 63.4 Å². The molecule has 0 fully saturated rings. The van der Waals surface area contributed by atoms with Crippen LogP contribution in [0.25, 0.3) is 21.8 Å².